The summed E-state index contributed by atoms with van der Waals surface area (Å²) in [6, 6.07) is 6.18. The van der Waals surface area contributed by atoms with Crippen LogP contribution in [0.4, 0.5) is 13.2 Å². The van der Waals surface area contributed by atoms with Gasteiger partial charge in [0.05, 0.1) is 12.5 Å². The van der Waals surface area contributed by atoms with Crippen LogP contribution in [-0.2, 0) is 16.0 Å². The second-order valence-electron chi connectivity index (χ2n) is 4.81. The Bertz CT molecular complexity index is 506. The Balaban J connectivity index is 2.73. The van der Waals surface area contributed by atoms with Crippen LogP contribution in [0.3, 0.4) is 0 Å². The molecule has 0 radical (unpaired) electrons. The summed E-state index contributed by atoms with van der Waals surface area (Å²) < 4.78 is 37.2. The summed E-state index contributed by atoms with van der Waals surface area (Å²) in [7, 11) is 1.24. The van der Waals surface area contributed by atoms with Crippen molar-refractivity contribution in [2.75, 3.05) is 7.05 Å². The van der Waals surface area contributed by atoms with Crippen molar-refractivity contribution in [3.63, 3.8) is 0 Å². The van der Waals surface area contributed by atoms with Crippen molar-refractivity contribution in [2.24, 2.45) is 5.73 Å². The van der Waals surface area contributed by atoms with Crippen molar-refractivity contribution in [3.8, 4) is 0 Å². The first-order valence-electron chi connectivity index (χ1n) is 6.60. The third-order valence-electron chi connectivity index (χ3n) is 3.04. The van der Waals surface area contributed by atoms with Crippen LogP contribution in [0, 0.1) is 0 Å². The van der Waals surface area contributed by atoms with Crippen molar-refractivity contribution in [3.05, 3.63) is 35.9 Å². The Hall–Kier alpha value is -2.09. The third-order valence-corrected chi connectivity index (χ3v) is 3.04. The predicted octanol–water partition coefficient (Wildman–Crippen LogP) is 0.740. The van der Waals surface area contributed by atoms with Crippen molar-refractivity contribution in [1.82, 2.24) is 10.6 Å². The van der Waals surface area contributed by atoms with E-state index in [9.17, 15) is 22.8 Å². The third kappa shape index (κ3) is 6.13. The van der Waals surface area contributed by atoms with Crippen LogP contribution in [0.15, 0.2) is 30.3 Å². The van der Waals surface area contributed by atoms with E-state index in [0.717, 1.165) is 5.56 Å². The highest BCUT2D eigenvalue weighted by molar-refractivity contribution is 5.89. The maximum atomic E-state index is 12.4. The summed E-state index contributed by atoms with van der Waals surface area (Å²) in [4.78, 5) is 23.3. The number of primary amides is 1. The predicted molar refractivity (Wildman–Crippen MR) is 74.8 cm³/mol. The van der Waals surface area contributed by atoms with Crippen LogP contribution >= 0.6 is 0 Å². The van der Waals surface area contributed by atoms with Gasteiger partial charge in [0.15, 0.2) is 0 Å². The van der Waals surface area contributed by atoms with E-state index in [-0.39, 0.29) is 6.42 Å². The van der Waals surface area contributed by atoms with Crippen LogP contribution in [0.1, 0.15) is 12.0 Å². The average Bonchev–Trinajstić information content (AvgIpc) is 2.44. The molecule has 0 heterocycles. The number of amides is 2. The maximum absolute atomic E-state index is 12.4. The van der Waals surface area contributed by atoms with E-state index in [0.29, 0.717) is 0 Å². The van der Waals surface area contributed by atoms with Gasteiger partial charge in [0.1, 0.15) is 6.04 Å². The van der Waals surface area contributed by atoms with Crippen molar-refractivity contribution in [1.29, 1.82) is 0 Å². The number of hydrogen-bond acceptors (Lipinski definition) is 3. The molecule has 0 spiro atoms. The number of benzene rings is 1. The van der Waals surface area contributed by atoms with E-state index in [1.807, 2.05) is 0 Å². The first-order valence-corrected chi connectivity index (χ1v) is 6.60. The number of carbonyl (C=O) groups excluding carboxylic acids is 2. The van der Waals surface area contributed by atoms with Gasteiger partial charge < -0.3 is 16.4 Å². The van der Waals surface area contributed by atoms with Crippen molar-refractivity contribution in [2.45, 2.75) is 31.1 Å². The normalized spacial score (nSPS) is 14.2. The second kappa shape index (κ2) is 7.79. The number of halogens is 3. The lowest BCUT2D eigenvalue weighted by atomic mass is 10.0. The van der Waals surface area contributed by atoms with E-state index < -0.39 is 36.5 Å². The summed E-state index contributed by atoms with van der Waals surface area (Å²) in [5.41, 5.74) is 5.94. The molecule has 0 aromatic heterocycles. The molecule has 1 aromatic rings. The van der Waals surface area contributed by atoms with E-state index >= 15 is 0 Å². The van der Waals surface area contributed by atoms with Gasteiger partial charge in [0, 0.05) is 6.42 Å². The first kappa shape index (κ1) is 18.0. The minimum atomic E-state index is -4.49. The quantitative estimate of drug-likeness (QED) is 0.693. The minimum Gasteiger partial charge on any atom is -0.368 e. The Morgan fingerprint density at radius 2 is 1.77 bits per heavy atom. The molecule has 1 aromatic carbocycles. The fraction of sp³-hybridized carbons (Fsp3) is 0.429. The number of likely N-dealkylation sites (N-methyl/N-ethyl adjacent to an activating group) is 1. The lowest BCUT2D eigenvalue weighted by Gasteiger charge is -2.21. The van der Waals surface area contributed by atoms with Gasteiger partial charge in [0.2, 0.25) is 11.8 Å². The zero-order valence-corrected chi connectivity index (χ0v) is 12.0. The van der Waals surface area contributed by atoms with Crippen LogP contribution < -0.4 is 16.4 Å². The highest BCUT2D eigenvalue weighted by Gasteiger charge is 2.35. The first-order chi connectivity index (χ1) is 10.2. The molecule has 0 fully saturated rings. The van der Waals surface area contributed by atoms with Crippen molar-refractivity contribution < 1.29 is 22.8 Å². The molecule has 0 saturated carbocycles. The largest absolute Gasteiger partial charge is 0.391 e. The molecule has 1 rings (SSSR count). The monoisotopic (exact) mass is 317 g/mol. The van der Waals surface area contributed by atoms with Crippen LogP contribution in [0.2, 0.25) is 0 Å². The molecule has 0 aliphatic carbocycles. The zero-order chi connectivity index (χ0) is 16.8. The van der Waals surface area contributed by atoms with E-state index in [4.69, 9.17) is 5.73 Å². The van der Waals surface area contributed by atoms with Gasteiger partial charge in [-0.2, -0.15) is 13.2 Å². The van der Waals surface area contributed by atoms with Gasteiger partial charge >= 0.3 is 6.18 Å². The molecule has 0 aliphatic heterocycles. The van der Waals surface area contributed by atoms with Gasteiger partial charge in [0.25, 0.3) is 0 Å². The molecule has 8 heteroatoms. The van der Waals surface area contributed by atoms with E-state index in [2.05, 4.69) is 10.6 Å². The maximum Gasteiger partial charge on any atom is 0.391 e. The molecule has 0 saturated heterocycles. The van der Waals surface area contributed by atoms with Crippen LogP contribution in [0.25, 0.3) is 0 Å². The fourth-order valence-corrected chi connectivity index (χ4v) is 1.90. The van der Waals surface area contributed by atoms with Crippen LogP contribution in [-0.4, -0.2) is 37.1 Å². The second-order valence-corrected chi connectivity index (χ2v) is 4.81. The molecule has 2 atom stereocenters. The number of rotatable bonds is 7. The van der Waals surface area contributed by atoms with Gasteiger partial charge in [-0.05, 0) is 12.6 Å². The summed E-state index contributed by atoms with van der Waals surface area (Å²) in [6.07, 6.45) is -5.71. The number of nitrogens with one attached hydrogen (secondary N) is 2. The summed E-state index contributed by atoms with van der Waals surface area (Å²) >= 11 is 0. The lowest BCUT2D eigenvalue weighted by molar-refractivity contribution is -0.149. The smallest absolute Gasteiger partial charge is 0.368 e. The van der Waals surface area contributed by atoms with Gasteiger partial charge in [-0.15, -0.1) is 0 Å². The van der Waals surface area contributed by atoms with Crippen LogP contribution in [0.5, 0.6) is 0 Å². The van der Waals surface area contributed by atoms with E-state index in [1.165, 1.54) is 7.05 Å². The minimum absolute atomic E-state index is 0.115. The summed E-state index contributed by atoms with van der Waals surface area (Å²) in [5, 5.41) is 4.54. The fourth-order valence-electron chi connectivity index (χ4n) is 1.90. The highest BCUT2D eigenvalue weighted by Crippen LogP contribution is 2.21. The lowest BCUT2D eigenvalue weighted by Crippen LogP contribution is -2.53. The SMILES string of the molecule is CN[C@@H](CC(F)(F)F)C(=O)N[C@@H](Cc1ccccc1)C(N)=O. The Labute approximate surface area is 126 Å². The number of nitrogens with two attached hydrogens (primary N) is 1. The molecule has 2 amide bonds. The molecule has 0 bridgehead atoms. The van der Waals surface area contributed by atoms with Crippen molar-refractivity contribution >= 4 is 11.8 Å². The molecular formula is C14H18F3N3O2. The molecule has 4 N–H and O–H groups in total. The molecular weight excluding hydrogens is 299 g/mol. The Kier molecular flexibility index (Phi) is 6.36. The van der Waals surface area contributed by atoms with Gasteiger partial charge in [-0.1, -0.05) is 30.3 Å². The topological polar surface area (TPSA) is 84.2 Å². The standard InChI is InChI=1S/C14H18F3N3O2/c1-19-11(8-14(15,16)17)13(22)20-10(12(18)21)7-9-5-3-2-4-6-9/h2-6,10-11,19H,7-8H2,1H3,(H2,18,21)(H,20,22)/t10-,11-/m0/s1. The average molecular weight is 317 g/mol. The highest BCUT2D eigenvalue weighted by atomic mass is 19.4. The Morgan fingerprint density at radius 3 is 2.23 bits per heavy atom. The summed E-state index contributed by atoms with van der Waals surface area (Å²) in [5.74, 6) is -1.72. The number of alkyl halides is 3. The zero-order valence-electron chi connectivity index (χ0n) is 12.0. The molecule has 0 unspecified atom stereocenters. The Morgan fingerprint density at radius 1 is 1.18 bits per heavy atom. The molecule has 0 aliphatic rings. The van der Waals surface area contributed by atoms with E-state index in [1.54, 1.807) is 30.3 Å². The van der Waals surface area contributed by atoms with Gasteiger partial charge in [-0.25, -0.2) is 0 Å². The van der Waals surface area contributed by atoms with Gasteiger partial charge in [-0.3, -0.25) is 9.59 Å². The summed E-state index contributed by atoms with van der Waals surface area (Å²) in [6.45, 7) is 0. The number of carbonyl (C=O) groups is 2. The molecule has 5 nitrogen and oxygen atoms in total. The molecule has 122 valence electrons. The molecule has 22 heavy (non-hydrogen) atoms. The number of hydrogen-bond donors (Lipinski definition) is 3.